The van der Waals surface area contributed by atoms with Crippen molar-refractivity contribution in [3.8, 4) is 0 Å². The van der Waals surface area contributed by atoms with E-state index in [4.69, 9.17) is 10.7 Å². The van der Waals surface area contributed by atoms with Crippen molar-refractivity contribution in [3.05, 3.63) is 108 Å². The number of hydrogen-bond donors (Lipinski definition) is 4. The summed E-state index contributed by atoms with van der Waals surface area (Å²) in [7, 11) is 0. The molecule has 0 fully saturated rings. The molecule has 0 radical (unpaired) electrons. The number of pyridine rings is 1. The van der Waals surface area contributed by atoms with Crippen LogP contribution in [0.1, 0.15) is 53.8 Å². The van der Waals surface area contributed by atoms with Gasteiger partial charge in [0, 0.05) is 33.3 Å². The molecule has 1 amide bonds. The zero-order valence-corrected chi connectivity index (χ0v) is 23.7. The SMILES string of the molecule is CC(C)c1ccc2c(Nc3cc(C(=O)N[C@H](CCO)c4ccccc4)ccc3Sc3ccc(N)cc3)ncnc2n1. The highest BCUT2D eigenvalue weighted by Crippen LogP contribution is 2.37. The normalized spacial score (nSPS) is 11.9. The molecule has 2 aromatic heterocycles. The zero-order chi connectivity index (χ0) is 28.8. The first-order chi connectivity index (χ1) is 19.9. The molecule has 0 saturated carbocycles. The second kappa shape index (κ2) is 12.8. The number of fused-ring (bicyclic) bond motifs is 1. The molecule has 0 spiro atoms. The Hall–Kier alpha value is -4.47. The van der Waals surface area contributed by atoms with Gasteiger partial charge in [0.1, 0.15) is 12.1 Å². The maximum Gasteiger partial charge on any atom is 0.251 e. The quantitative estimate of drug-likeness (QED) is 0.142. The predicted molar refractivity (Wildman–Crippen MR) is 164 cm³/mol. The number of hydrogen-bond acceptors (Lipinski definition) is 8. The number of anilines is 3. The summed E-state index contributed by atoms with van der Waals surface area (Å²) in [6.45, 7) is 4.14. The summed E-state index contributed by atoms with van der Waals surface area (Å²) in [6.07, 6.45) is 1.90. The number of amides is 1. The molecule has 0 aliphatic carbocycles. The molecule has 0 aliphatic heterocycles. The number of aliphatic hydroxyl groups excluding tert-OH is 1. The molecule has 0 aliphatic rings. The van der Waals surface area contributed by atoms with Crippen molar-refractivity contribution >= 4 is 45.9 Å². The largest absolute Gasteiger partial charge is 0.399 e. The van der Waals surface area contributed by atoms with Gasteiger partial charge in [-0.15, -0.1) is 0 Å². The highest BCUT2D eigenvalue weighted by molar-refractivity contribution is 7.99. The molecule has 9 heteroatoms. The summed E-state index contributed by atoms with van der Waals surface area (Å²) in [4.78, 5) is 29.0. The van der Waals surface area contributed by atoms with Crippen molar-refractivity contribution in [3.63, 3.8) is 0 Å². The number of carbonyl (C=O) groups is 1. The maximum atomic E-state index is 13.5. The Morgan fingerprint density at radius 1 is 0.976 bits per heavy atom. The highest BCUT2D eigenvalue weighted by Gasteiger charge is 2.18. The molecule has 1 atom stereocenters. The van der Waals surface area contributed by atoms with Crippen LogP contribution in [0.4, 0.5) is 17.2 Å². The Morgan fingerprint density at radius 2 is 1.76 bits per heavy atom. The van der Waals surface area contributed by atoms with E-state index in [0.717, 1.165) is 26.4 Å². The van der Waals surface area contributed by atoms with Crippen molar-refractivity contribution in [1.82, 2.24) is 20.3 Å². The number of aromatic nitrogens is 3. The van der Waals surface area contributed by atoms with Crippen molar-refractivity contribution in [2.24, 2.45) is 0 Å². The molecule has 41 heavy (non-hydrogen) atoms. The lowest BCUT2D eigenvalue weighted by Gasteiger charge is -2.19. The predicted octanol–water partition coefficient (Wildman–Crippen LogP) is 6.48. The summed E-state index contributed by atoms with van der Waals surface area (Å²) < 4.78 is 0. The topological polar surface area (TPSA) is 126 Å². The maximum absolute atomic E-state index is 13.5. The van der Waals surface area contributed by atoms with E-state index >= 15 is 0 Å². The Labute approximate surface area is 243 Å². The van der Waals surface area contributed by atoms with Crippen LogP contribution >= 0.6 is 11.8 Å². The van der Waals surface area contributed by atoms with E-state index in [2.05, 4.69) is 34.4 Å². The zero-order valence-electron chi connectivity index (χ0n) is 22.9. The van der Waals surface area contributed by atoms with Crippen LogP contribution in [0.5, 0.6) is 0 Å². The third-order valence-electron chi connectivity index (χ3n) is 6.64. The van der Waals surface area contributed by atoms with Gasteiger partial charge >= 0.3 is 0 Å². The van der Waals surface area contributed by atoms with Gasteiger partial charge in [0.25, 0.3) is 5.91 Å². The van der Waals surface area contributed by atoms with Gasteiger partial charge in [-0.1, -0.05) is 55.9 Å². The van der Waals surface area contributed by atoms with Crippen LogP contribution in [0, 0.1) is 0 Å². The van der Waals surface area contributed by atoms with Gasteiger partial charge in [0.05, 0.1) is 17.1 Å². The third-order valence-corrected chi connectivity index (χ3v) is 7.72. The van der Waals surface area contributed by atoms with Crippen LogP contribution in [0.2, 0.25) is 0 Å². The average molecular weight is 565 g/mol. The number of carbonyl (C=O) groups excluding carboxylic acids is 1. The minimum Gasteiger partial charge on any atom is -0.399 e. The van der Waals surface area contributed by atoms with Crippen molar-refractivity contribution in [1.29, 1.82) is 0 Å². The van der Waals surface area contributed by atoms with E-state index in [0.29, 0.717) is 34.8 Å². The van der Waals surface area contributed by atoms with E-state index in [1.807, 2.05) is 78.9 Å². The van der Waals surface area contributed by atoms with Gasteiger partial charge in [0.15, 0.2) is 5.65 Å². The molecule has 2 heterocycles. The van der Waals surface area contributed by atoms with Crippen LogP contribution in [0.3, 0.4) is 0 Å². The first kappa shape index (κ1) is 28.1. The van der Waals surface area contributed by atoms with Gasteiger partial charge in [-0.05, 0) is 72.5 Å². The van der Waals surface area contributed by atoms with Crippen molar-refractivity contribution in [2.45, 2.75) is 42.0 Å². The summed E-state index contributed by atoms with van der Waals surface area (Å²) in [6, 6.07) is 26.5. The van der Waals surface area contributed by atoms with Crippen molar-refractivity contribution in [2.75, 3.05) is 17.7 Å². The van der Waals surface area contributed by atoms with E-state index in [9.17, 15) is 9.90 Å². The minimum absolute atomic E-state index is 0.0445. The number of nitrogens with one attached hydrogen (secondary N) is 2. The van der Waals surface area contributed by atoms with Gasteiger partial charge in [-0.3, -0.25) is 4.79 Å². The fraction of sp³-hybridized carbons (Fsp3) is 0.188. The molecule has 5 N–H and O–H groups in total. The molecule has 0 saturated heterocycles. The first-order valence-electron chi connectivity index (χ1n) is 13.4. The standard InChI is InChI=1S/C32H32N6O2S/c1-20(2)26-14-13-25-30(36-26)34-19-35-31(25)37-28-18-22(8-15-29(28)41-24-11-9-23(33)10-12-24)32(40)38-27(16-17-39)21-6-4-3-5-7-21/h3-15,18-20,27,39H,16-17,33H2,1-2H3,(H,38,40)(H,34,35,36,37)/t27-/m1/s1. The molecule has 3 aromatic carbocycles. The highest BCUT2D eigenvalue weighted by atomic mass is 32.2. The van der Waals surface area contributed by atoms with Crippen LogP contribution in [-0.2, 0) is 0 Å². The lowest BCUT2D eigenvalue weighted by Crippen LogP contribution is -2.29. The molecule has 5 rings (SSSR count). The Balaban J connectivity index is 1.50. The molecule has 8 nitrogen and oxygen atoms in total. The number of nitrogen functional groups attached to an aromatic ring is 1. The molecule has 208 valence electrons. The van der Waals surface area contributed by atoms with Crippen molar-refractivity contribution < 1.29 is 9.90 Å². The molecule has 0 unspecified atom stereocenters. The summed E-state index contributed by atoms with van der Waals surface area (Å²) in [5, 5.41) is 16.9. The molecular formula is C32H32N6O2S. The molecule has 5 aromatic rings. The third kappa shape index (κ3) is 6.82. The summed E-state index contributed by atoms with van der Waals surface area (Å²) >= 11 is 1.55. The number of rotatable bonds is 10. The summed E-state index contributed by atoms with van der Waals surface area (Å²) in [5.74, 6) is 0.626. The molecular weight excluding hydrogens is 532 g/mol. The van der Waals surface area contributed by atoms with E-state index in [-0.39, 0.29) is 24.5 Å². The number of benzene rings is 3. The van der Waals surface area contributed by atoms with Gasteiger partial charge in [-0.25, -0.2) is 15.0 Å². The van der Waals surface area contributed by atoms with E-state index < -0.39 is 0 Å². The van der Waals surface area contributed by atoms with Gasteiger partial charge in [-0.2, -0.15) is 0 Å². The Kier molecular flexibility index (Phi) is 8.76. The second-order valence-electron chi connectivity index (χ2n) is 9.94. The Morgan fingerprint density at radius 3 is 2.49 bits per heavy atom. The van der Waals surface area contributed by atoms with Crippen LogP contribution in [-0.4, -0.2) is 32.6 Å². The lowest BCUT2D eigenvalue weighted by molar-refractivity contribution is 0.0930. The minimum atomic E-state index is -0.319. The average Bonchev–Trinajstić information content (AvgIpc) is 2.99. The Bertz CT molecular complexity index is 1640. The van der Waals surface area contributed by atoms with E-state index in [1.54, 1.807) is 17.8 Å². The number of nitrogens with two attached hydrogens (primary N) is 1. The number of nitrogens with zero attached hydrogens (tertiary/aromatic N) is 3. The lowest BCUT2D eigenvalue weighted by atomic mass is 10.0. The van der Waals surface area contributed by atoms with Crippen LogP contribution < -0.4 is 16.4 Å². The fourth-order valence-electron chi connectivity index (χ4n) is 4.40. The first-order valence-corrected chi connectivity index (χ1v) is 14.3. The van der Waals surface area contributed by atoms with Gasteiger partial charge in [0.2, 0.25) is 0 Å². The monoisotopic (exact) mass is 564 g/mol. The number of aliphatic hydroxyl groups is 1. The second-order valence-corrected chi connectivity index (χ2v) is 11.1. The molecule has 0 bridgehead atoms. The van der Waals surface area contributed by atoms with Gasteiger partial charge < -0.3 is 21.5 Å². The summed E-state index contributed by atoms with van der Waals surface area (Å²) in [5.41, 5.74) is 10.3. The smallest absolute Gasteiger partial charge is 0.251 e. The van der Waals surface area contributed by atoms with E-state index in [1.165, 1.54) is 6.33 Å². The fourth-order valence-corrected chi connectivity index (χ4v) is 5.29. The van der Waals surface area contributed by atoms with Crippen LogP contribution in [0.15, 0.2) is 101 Å². The van der Waals surface area contributed by atoms with Crippen LogP contribution in [0.25, 0.3) is 11.0 Å².